The zero-order chi connectivity index (χ0) is 13.1. The molecule has 0 bridgehead atoms. The lowest BCUT2D eigenvalue weighted by Crippen LogP contribution is -2.35. The van der Waals surface area contributed by atoms with Crippen LogP contribution >= 0.6 is 0 Å². The maximum Gasteiger partial charge on any atom is 0.293 e. The number of carbonyl (C=O) groups excluding carboxylic acids is 1. The molecule has 17 heavy (non-hydrogen) atoms. The zero-order valence-electron chi connectivity index (χ0n) is 10.5. The van der Waals surface area contributed by atoms with Crippen molar-refractivity contribution in [2.45, 2.75) is 27.3 Å². The minimum Gasteiger partial charge on any atom is -0.490 e. The van der Waals surface area contributed by atoms with Gasteiger partial charge in [-0.3, -0.25) is 9.59 Å². The van der Waals surface area contributed by atoms with Gasteiger partial charge < -0.3 is 15.0 Å². The van der Waals surface area contributed by atoms with Crippen LogP contribution in [0.1, 0.15) is 26.6 Å². The van der Waals surface area contributed by atoms with Gasteiger partial charge in [-0.05, 0) is 0 Å². The van der Waals surface area contributed by atoms with Crippen LogP contribution in [0.4, 0.5) is 0 Å². The number of aromatic amines is 1. The van der Waals surface area contributed by atoms with Gasteiger partial charge in [0, 0.05) is 5.41 Å². The van der Waals surface area contributed by atoms with Gasteiger partial charge in [0.15, 0.2) is 0 Å². The van der Waals surface area contributed by atoms with E-state index in [1.807, 2.05) is 20.8 Å². The fraction of sp³-hybridized carbons (Fsp3) is 0.545. The molecule has 0 atom stereocenters. The van der Waals surface area contributed by atoms with Crippen LogP contribution in [0.5, 0.6) is 5.75 Å². The predicted octanol–water partition coefficient (Wildman–Crippen LogP) is 0.441. The Bertz CT molecular complexity index is 460. The van der Waals surface area contributed by atoms with Gasteiger partial charge in [0.05, 0.1) is 19.9 Å². The van der Waals surface area contributed by atoms with E-state index in [9.17, 15) is 9.59 Å². The molecule has 2 N–H and O–H groups in total. The summed E-state index contributed by atoms with van der Waals surface area (Å²) in [7, 11) is 1.40. The molecule has 0 saturated heterocycles. The Balaban J connectivity index is 2.68. The van der Waals surface area contributed by atoms with Crippen LogP contribution in [0.25, 0.3) is 0 Å². The lowest BCUT2D eigenvalue weighted by atomic mass is 9.96. The summed E-state index contributed by atoms with van der Waals surface area (Å²) in [5.41, 5.74) is -0.824. The highest BCUT2D eigenvalue weighted by Crippen LogP contribution is 2.12. The number of rotatable bonds is 3. The Morgan fingerprint density at radius 2 is 2.18 bits per heavy atom. The highest BCUT2D eigenvalue weighted by atomic mass is 16.5. The molecule has 0 aliphatic rings. The molecule has 1 aromatic heterocycles. The molecule has 6 heteroatoms. The second-order valence-electron chi connectivity index (χ2n) is 4.66. The van der Waals surface area contributed by atoms with Crippen molar-refractivity contribution >= 4 is 5.91 Å². The first-order valence-electron chi connectivity index (χ1n) is 5.25. The summed E-state index contributed by atoms with van der Waals surface area (Å²) in [4.78, 5) is 29.5. The molecule has 1 rings (SSSR count). The SMILES string of the molecule is COc1cnc(CNC(=O)C(C)(C)C)[nH]c1=O. The molecule has 0 fully saturated rings. The van der Waals surface area contributed by atoms with Crippen LogP contribution in [0, 0.1) is 5.41 Å². The van der Waals surface area contributed by atoms with E-state index in [1.54, 1.807) is 0 Å². The first kappa shape index (κ1) is 13.2. The number of H-pyrrole nitrogens is 1. The molecule has 0 aliphatic heterocycles. The Morgan fingerprint density at radius 3 is 2.65 bits per heavy atom. The molecule has 0 radical (unpaired) electrons. The molecular weight excluding hydrogens is 222 g/mol. The topological polar surface area (TPSA) is 84.1 Å². The smallest absolute Gasteiger partial charge is 0.293 e. The number of methoxy groups -OCH3 is 1. The Hall–Kier alpha value is -1.85. The number of nitrogens with zero attached hydrogens (tertiary/aromatic N) is 1. The highest BCUT2D eigenvalue weighted by Gasteiger charge is 2.20. The third-order valence-corrected chi connectivity index (χ3v) is 2.14. The zero-order valence-corrected chi connectivity index (χ0v) is 10.5. The standard InChI is InChI=1S/C11H17N3O3/c1-11(2,3)10(16)13-6-8-12-5-7(17-4)9(15)14-8/h5H,6H2,1-4H3,(H,13,16)(H,12,14,15). The average molecular weight is 239 g/mol. The van der Waals surface area contributed by atoms with Crippen LogP contribution in [-0.2, 0) is 11.3 Å². The minimum absolute atomic E-state index is 0.101. The Kier molecular flexibility index (Phi) is 3.88. The molecule has 0 spiro atoms. The van der Waals surface area contributed by atoms with Crippen LogP contribution < -0.4 is 15.6 Å². The molecule has 0 aromatic carbocycles. The van der Waals surface area contributed by atoms with Crippen molar-refractivity contribution in [1.29, 1.82) is 0 Å². The van der Waals surface area contributed by atoms with Crippen LogP contribution in [0.15, 0.2) is 11.0 Å². The third-order valence-electron chi connectivity index (χ3n) is 2.14. The van der Waals surface area contributed by atoms with Gasteiger partial charge in [0.1, 0.15) is 5.82 Å². The van der Waals surface area contributed by atoms with Crippen LogP contribution in [-0.4, -0.2) is 23.0 Å². The summed E-state index contributed by atoms with van der Waals surface area (Å²) >= 11 is 0. The Labute approximate surface area is 99.4 Å². The highest BCUT2D eigenvalue weighted by molar-refractivity contribution is 5.81. The quantitative estimate of drug-likeness (QED) is 0.801. The van der Waals surface area contributed by atoms with Crippen molar-refractivity contribution in [1.82, 2.24) is 15.3 Å². The predicted molar refractivity (Wildman–Crippen MR) is 62.7 cm³/mol. The largest absolute Gasteiger partial charge is 0.490 e. The van der Waals surface area contributed by atoms with Crippen molar-refractivity contribution in [2.24, 2.45) is 5.41 Å². The van der Waals surface area contributed by atoms with Gasteiger partial charge in [0.25, 0.3) is 5.56 Å². The number of nitrogens with one attached hydrogen (secondary N) is 2. The maximum atomic E-state index is 11.6. The first-order chi connectivity index (χ1) is 7.84. The third kappa shape index (κ3) is 3.58. The van der Waals surface area contributed by atoms with Crippen molar-refractivity contribution in [3.63, 3.8) is 0 Å². The molecule has 1 amide bonds. The van der Waals surface area contributed by atoms with E-state index in [4.69, 9.17) is 4.74 Å². The maximum absolute atomic E-state index is 11.6. The van der Waals surface area contributed by atoms with Crippen LogP contribution in [0.3, 0.4) is 0 Å². The van der Waals surface area contributed by atoms with Crippen molar-refractivity contribution in [3.05, 3.63) is 22.4 Å². The molecule has 0 unspecified atom stereocenters. The fourth-order valence-electron chi connectivity index (χ4n) is 1.08. The van der Waals surface area contributed by atoms with Crippen molar-refractivity contribution in [3.8, 4) is 5.75 Å². The number of hydrogen-bond donors (Lipinski definition) is 2. The number of carbonyl (C=O) groups is 1. The molecule has 0 saturated carbocycles. The lowest BCUT2D eigenvalue weighted by Gasteiger charge is -2.17. The normalized spacial score (nSPS) is 11.1. The number of amides is 1. The van der Waals surface area contributed by atoms with E-state index in [-0.39, 0.29) is 23.8 Å². The van der Waals surface area contributed by atoms with Gasteiger partial charge in [-0.25, -0.2) is 4.98 Å². The lowest BCUT2D eigenvalue weighted by molar-refractivity contribution is -0.128. The molecule has 6 nitrogen and oxygen atoms in total. The first-order valence-corrected chi connectivity index (χ1v) is 5.25. The fourth-order valence-corrected chi connectivity index (χ4v) is 1.08. The summed E-state index contributed by atoms with van der Waals surface area (Å²) in [6, 6.07) is 0. The van der Waals surface area contributed by atoms with Gasteiger partial charge in [-0.1, -0.05) is 20.8 Å². The van der Waals surface area contributed by atoms with E-state index in [2.05, 4.69) is 15.3 Å². The second kappa shape index (κ2) is 4.99. The average Bonchev–Trinajstić information content (AvgIpc) is 2.24. The second-order valence-corrected chi connectivity index (χ2v) is 4.66. The minimum atomic E-state index is -0.466. The molecular formula is C11H17N3O3. The number of ether oxygens (including phenoxy) is 1. The molecule has 1 heterocycles. The van der Waals surface area contributed by atoms with Gasteiger partial charge >= 0.3 is 0 Å². The van der Waals surface area contributed by atoms with Gasteiger partial charge in [0.2, 0.25) is 11.7 Å². The summed E-state index contributed by atoms with van der Waals surface area (Å²) < 4.78 is 4.79. The Morgan fingerprint density at radius 1 is 1.53 bits per heavy atom. The van der Waals surface area contributed by atoms with Crippen LogP contribution in [0.2, 0.25) is 0 Å². The van der Waals surface area contributed by atoms with Gasteiger partial charge in [-0.15, -0.1) is 0 Å². The molecule has 1 aromatic rings. The number of aromatic nitrogens is 2. The molecule has 0 aliphatic carbocycles. The van der Waals surface area contributed by atoms with Crippen molar-refractivity contribution in [2.75, 3.05) is 7.11 Å². The van der Waals surface area contributed by atoms with E-state index >= 15 is 0 Å². The number of hydrogen-bond acceptors (Lipinski definition) is 4. The van der Waals surface area contributed by atoms with E-state index in [1.165, 1.54) is 13.3 Å². The van der Waals surface area contributed by atoms with E-state index in [0.29, 0.717) is 5.82 Å². The summed E-state index contributed by atoms with van der Waals surface area (Å²) in [6.45, 7) is 5.63. The monoisotopic (exact) mass is 239 g/mol. The summed E-state index contributed by atoms with van der Waals surface area (Å²) in [6.07, 6.45) is 1.33. The molecule has 94 valence electrons. The van der Waals surface area contributed by atoms with Crippen molar-refractivity contribution < 1.29 is 9.53 Å². The van der Waals surface area contributed by atoms with E-state index < -0.39 is 5.41 Å². The summed E-state index contributed by atoms with van der Waals surface area (Å²) in [5.74, 6) is 0.445. The summed E-state index contributed by atoms with van der Waals surface area (Å²) in [5, 5.41) is 2.69. The van der Waals surface area contributed by atoms with Gasteiger partial charge in [-0.2, -0.15) is 0 Å². The van der Waals surface area contributed by atoms with E-state index in [0.717, 1.165) is 0 Å².